The first kappa shape index (κ1) is 20.5. The number of carbonyl (C=O) groups is 2. The van der Waals surface area contributed by atoms with E-state index in [4.69, 9.17) is 24.1 Å². The number of hydrogen-bond donors (Lipinski definition) is 2. The number of carbonyl (C=O) groups excluding carboxylic acids is 1. The number of rotatable bonds is 14. The molecule has 8 nitrogen and oxygen atoms in total. The van der Waals surface area contributed by atoms with Crippen LogP contribution in [0.25, 0.3) is 0 Å². The monoisotopic (exact) mass is 319 g/mol. The minimum Gasteiger partial charge on any atom is -0.478 e. The summed E-state index contributed by atoms with van der Waals surface area (Å²) in [5, 5.41) is 11.1. The first-order chi connectivity index (χ1) is 10.6. The molecule has 0 aliphatic heterocycles. The van der Waals surface area contributed by atoms with Crippen molar-refractivity contribution in [1.82, 2.24) is 5.32 Å². The third-order valence-corrected chi connectivity index (χ3v) is 2.41. The first-order valence-corrected chi connectivity index (χ1v) is 6.99. The van der Waals surface area contributed by atoms with Crippen molar-refractivity contribution in [2.24, 2.45) is 0 Å². The van der Waals surface area contributed by atoms with E-state index in [9.17, 15) is 9.59 Å². The van der Waals surface area contributed by atoms with Crippen molar-refractivity contribution in [3.8, 4) is 0 Å². The molecule has 0 bridgehead atoms. The van der Waals surface area contributed by atoms with Crippen LogP contribution in [0.4, 0.5) is 0 Å². The molecule has 8 heteroatoms. The van der Waals surface area contributed by atoms with Gasteiger partial charge in [0.25, 0.3) is 0 Å². The molecule has 0 atom stereocenters. The van der Waals surface area contributed by atoms with Crippen molar-refractivity contribution in [3.05, 3.63) is 11.6 Å². The van der Waals surface area contributed by atoms with Gasteiger partial charge in [-0.3, -0.25) is 4.79 Å². The fourth-order valence-electron chi connectivity index (χ4n) is 1.24. The number of carboxylic acid groups (broad SMARTS) is 1. The summed E-state index contributed by atoms with van der Waals surface area (Å²) in [7, 11) is 1.61. The molecule has 0 heterocycles. The average Bonchev–Trinajstić information content (AvgIpc) is 2.48. The smallest absolute Gasteiger partial charge is 0.331 e. The van der Waals surface area contributed by atoms with Crippen LogP contribution in [0.2, 0.25) is 0 Å². The van der Waals surface area contributed by atoms with Crippen molar-refractivity contribution in [3.63, 3.8) is 0 Å². The van der Waals surface area contributed by atoms with Crippen molar-refractivity contribution < 1.29 is 33.6 Å². The third-order valence-electron chi connectivity index (χ3n) is 2.41. The van der Waals surface area contributed by atoms with Crippen LogP contribution in [0.5, 0.6) is 0 Å². The summed E-state index contributed by atoms with van der Waals surface area (Å²) in [5.74, 6) is -1.57. The van der Waals surface area contributed by atoms with Crippen LogP contribution in [0.3, 0.4) is 0 Å². The molecule has 1 amide bonds. The number of nitrogens with one attached hydrogen (secondary N) is 1. The Hall–Kier alpha value is -1.48. The van der Waals surface area contributed by atoms with E-state index in [1.165, 1.54) is 6.92 Å². The maximum absolute atomic E-state index is 11.3. The lowest BCUT2D eigenvalue weighted by Gasteiger charge is -2.07. The van der Waals surface area contributed by atoms with E-state index in [1.807, 2.05) is 0 Å². The predicted octanol–water partition coefficient (Wildman–Crippen LogP) is -0.170. The van der Waals surface area contributed by atoms with Crippen molar-refractivity contribution in [2.75, 3.05) is 59.9 Å². The van der Waals surface area contributed by atoms with Gasteiger partial charge in [0.05, 0.1) is 46.2 Å². The summed E-state index contributed by atoms with van der Waals surface area (Å²) in [4.78, 5) is 21.8. The number of carboxylic acids is 1. The average molecular weight is 319 g/mol. The lowest BCUT2D eigenvalue weighted by Crippen LogP contribution is -2.26. The van der Waals surface area contributed by atoms with Crippen LogP contribution in [-0.4, -0.2) is 76.9 Å². The van der Waals surface area contributed by atoms with Crippen molar-refractivity contribution >= 4 is 11.9 Å². The van der Waals surface area contributed by atoms with Gasteiger partial charge in [0, 0.05) is 25.3 Å². The number of ether oxygens (including phenoxy) is 4. The zero-order chi connectivity index (χ0) is 16.6. The van der Waals surface area contributed by atoms with Crippen LogP contribution in [0, 0.1) is 0 Å². The third kappa shape index (κ3) is 13.5. The largest absolute Gasteiger partial charge is 0.478 e. The van der Waals surface area contributed by atoms with Gasteiger partial charge in [0.2, 0.25) is 5.91 Å². The Labute approximate surface area is 130 Å². The SMILES string of the molecule is COCCOCCOCCOCCNC(=O)/C=C(/C)C(=O)O. The molecular weight excluding hydrogens is 294 g/mol. The minimum absolute atomic E-state index is 0.0143. The van der Waals surface area contributed by atoms with Crippen molar-refractivity contribution in [2.45, 2.75) is 6.92 Å². The van der Waals surface area contributed by atoms with Gasteiger partial charge in [0.15, 0.2) is 0 Å². The lowest BCUT2D eigenvalue weighted by atomic mass is 10.3. The van der Waals surface area contributed by atoms with Gasteiger partial charge in [-0.2, -0.15) is 0 Å². The topological polar surface area (TPSA) is 103 Å². The number of amides is 1. The Kier molecular flexibility index (Phi) is 13.5. The Morgan fingerprint density at radius 1 is 0.955 bits per heavy atom. The molecular formula is C14H25NO7. The van der Waals surface area contributed by atoms with E-state index in [-0.39, 0.29) is 5.57 Å². The molecule has 0 unspecified atom stereocenters. The van der Waals surface area contributed by atoms with Gasteiger partial charge in [-0.25, -0.2) is 4.79 Å². The fourth-order valence-corrected chi connectivity index (χ4v) is 1.24. The molecule has 0 spiro atoms. The van der Waals surface area contributed by atoms with Crippen LogP contribution in [0.15, 0.2) is 11.6 Å². The van der Waals surface area contributed by atoms with Gasteiger partial charge in [-0.15, -0.1) is 0 Å². The maximum Gasteiger partial charge on any atom is 0.331 e. The Balaban J connectivity index is 3.32. The van der Waals surface area contributed by atoms with Crippen LogP contribution >= 0.6 is 0 Å². The molecule has 0 fully saturated rings. The Bertz CT molecular complexity index is 344. The summed E-state index contributed by atoms with van der Waals surface area (Å²) in [6.45, 7) is 4.97. The summed E-state index contributed by atoms with van der Waals surface area (Å²) in [6.07, 6.45) is 1.04. The molecule has 0 aromatic rings. The summed E-state index contributed by atoms with van der Waals surface area (Å²) >= 11 is 0. The highest BCUT2D eigenvalue weighted by Crippen LogP contribution is 1.90. The molecule has 128 valence electrons. The quantitative estimate of drug-likeness (QED) is 0.338. The summed E-state index contributed by atoms with van der Waals surface area (Å²) < 4.78 is 20.5. The molecule has 0 aromatic carbocycles. The van der Waals surface area contributed by atoms with E-state index in [0.717, 1.165) is 6.08 Å². The second-order valence-electron chi connectivity index (χ2n) is 4.25. The van der Waals surface area contributed by atoms with Crippen molar-refractivity contribution in [1.29, 1.82) is 0 Å². The second-order valence-corrected chi connectivity index (χ2v) is 4.25. The van der Waals surface area contributed by atoms with E-state index < -0.39 is 11.9 Å². The highest BCUT2D eigenvalue weighted by Gasteiger charge is 2.03. The summed E-state index contributed by atoms with van der Waals surface area (Å²) in [6, 6.07) is 0. The van der Waals surface area contributed by atoms with E-state index in [1.54, 1.807) is 7.11 Å². The number of aliphatic carboxylic acids is 1. The molecule has 2 N–H and O–H groups in total. The maximum atomic E-state index is 11.3. The zero-order valence-electron chi connectivity index (χ0n) is 13.1. The molecule has 0 saturated carbocycles. The molecule has 0 radical (unpaired) electrons. The Morgan fingerprint density at radius 2 is 1.45 bits per heavy atom. The van der Waals surface area contributed by atoms with Gasteiger partial charge < -0.3 is 29.4 Å². The van der Waals surface area contributed by atoms with Gasteiger partial charge in [-0.1, -0.05) is 0 Å². The predicted molar refractivity (Wildman–Crippen MR) is 78.7 cm³/mol. The van der Waals surface area contributed by atoms with E-state index in [2.05, 4.69) is 5.32 Å². The molecule has 0 aliphatic carbocycles. The highest BCUT2D eigenvalue weighted by atomic mass is 16.6. The highest BCUT2D eigenvalue weighted by molar-refractivity contribution is 5.97. The first-order valence-electron chi connectivity index (χ1n) is 6.99. The number of hydrogen-bond acceptors (Lipinski definition) is 6. The number of methoxy groups -OCH3 is 1. The van der Waals surface area contributed by atoms with Crippen LogP contribution < -0.4 is 5.32 Å². The molecule has 0 rings (SSSR count). The summed E-state index contributed by atoms with van der Waals surface area (Å²) in [5.41, 5.74) is -0.0143. The Morgan fingerprint density at radius 3 is 1.95 bits per heavy atom. The standard InChI is InChI=1S/C14H25NO7/c1-12(14(17)18)11-13(16)15-3-4-20-7-8-22-10-9-21-6-5-19-2/h11H,3-10H2,1-2H3,(H,15,16)(H,17,18)/b12-11-. The van der Waals surface area contributed by atoms with E-state index >= 15 is 0 Å². The second kappa shape index (κ2) is 14.5. The minimum atomic E-state index is -1.12. The molecule has 0 aliphatic rings. The van der Waals surface area contributed by atoms with Crippen LogP contribution in [0.1, 0.15) is 6.92 Å². The lowest BCUT2D eigenvalue weighted by molar-refractivity contribution is -0.133. The zero-order valence-corrected chi connectivity index (χ0v) is 13.1. The fraction of sp³-hybridized carbons (Fsp3) is 0.714. The molecule has 0 aromatic heterocycles. The van der Waals surface area contributed by atoms with E-state index in [0.29, 0.717) is 52.8 Å². The molecule has 0 saturated heterocycles. The van der Waals surface area contributed by atoms with Crippen LogP contribution in [-0.2, 0) is 28.5 Å². The molecule has 22 heavy (non-hydrogen) atoms. The van der Waals surface area contributed by atoms with Gasteiger partial charge >= 0.3 is 5.97 Å². The van der Waals surface area contributed by atoms with Gasteiger partial charge in [0.1, 0.15) is 0 Å². The van der Waals surface area contributed by atoms with Gasteiger partial charge in [-0.05, 0) is 6.92 Å². The normalized spacial score (nSPS) is 11.5.